The fourth-order valence-electron chi connectivity index (χ4n) is 2.44. The van der Waals surface area contributed by atoms with Gasteiger partial charge in [0.15, 0.2) is 0 Å². The van der Waals surface area contributed by atoms with Crippen molar-refractivity contribution in [1.29, 1.82) is 0 Å². The van der Waals surface area contributed by atoms with E-state index in [1.54, 1.807) is 0 Å². The van der Waals surface area contributed by atoms with Gasteiger partial charge in [0, 0.05) is 12.3 Å². The second-order valence-corrected chi connectivity index (χ2v) is 6.59. The number of carbonyl (C=O) groups is 1. The first kappa shape index (κ1) is 15.7. The summed E-state index contributed by atoms with van der Waals surface area (Å²) in [5.41, 5.74) is 1.09. The Labute approximate surface area is 130 Å². The van der Waals surface area contributed by atoms with Crippen LogP contribution in [0, 0.1) is 0 Å². The van der Waals surface area contributed by atoms with Crippen molar-refractivity contribution in [3.05, 3.63) is 29.8 Å². The zero-order chi connectivity index (χ0) is 14.5. The molecule has 1 aromatic carbocycles. The lowest BCUT2D eigenvalue weighted by molar-refractivity contribution is -0.121. The summed E-state index contributed by atoms with van der Waals surface area (Å²) in [6.45, 7) is 2.23. The van der Waals surface area contributed by atoms with Crippen molar-refractivity contribution in [2.75, 3.05) is 6.61 Å². The summed E-state index contributed by atoms with van der Waals surface area (Å²) in [5, 5.41) is -0.341. The molecule has 0 radical (unpaired) electrons. The van der Waals surface area contributed by atoms with Gasteiger partial charge in [0.1, 0.15) is 18.1 Å². The molecule has 1 aliphatic rings. The molecule has 1 aliphatic carbocycles. The van der Waals surface area contributed by atoms with Gasteiger partial charge in [-0.15, -0.1) is 23.2 Å². The third kappa shape index (κ3) is 4.13. The molecule has 20 heavy (non-hydrogen) atoms. The van der Waals surface area contributed by atoms with E-state index in [0.717, 1.165) is 30.6 Å². The Bertz CT molecular complexity index is 442. The molecule has 1 fully saturated rings. The highest BCUT2D eigenvalue weighted by atomic mass is 35.5. The van der Waals surface area contributed by atoms with Crippen molar-refractivity contribution in [1.82, 2.24) is 0 Å². The van der Waals surface area contributed by atoms with Crippen LogP contribution in [0.3, 0.4) is 0 Å². The van der Waals surface area contributed by atoms with Crippen molar-refractivity contribution >= 4 is 29.0 Å². The highest BCUT2D eigenvalue weighted by Crippen LogP contribution is 2.30. The summed E-state index contributed by atoms with van der Waals surface area (Å²) in [6, 6.07) is 7.77. The second-order valence-electron chi connectivity index (χ2n) is 5.34. The largest absolute Gasteiger partial charge is 0.492 e. The number of rotatable bonds is 5. The van der Waals surface area contributed by atoms with Gasteiger partial charge in [0.2, 0.25) is 0 Å². The molecule has 2 nitrogen and oxygen atoms in total. The molecule has 0 N–H and O–H groups in total. The molecule has 0 spiro atoms. The van der Waals surface area contributed by atoms with E-state index in [2.05, 4.69) is 0 Å². The molecule has 1 aromatic rings. The molecule has 0 amide bonds. The predicted octanol–water partition coefficient (Wildman–Crippen LogP) is 4.53. The van der Waals surface area contributed by atoms with Gasteiger partial charge in [0.25, 0.3) is 0 Å². The van der Waals surface area contributed by atoms with Crippen LogP contribution in [0.25, 0.3) is 0 Å². The maximum absolute atomic E-state index is 11.9. The summed E-state index contributed by atoms with van der Waals surface area (Å²) >= 11 is 11.9. The van der Waals surface area contributed by atoms with Crippen LogP contribution in [0.2, 0.25) is 0 Å². The topological polar surface area (TPSA) is 26.3 Å². The molecule has 0 aliphatic heterocycles. The summed E-state index contributed by atoms with van der Waals surface area (Å²) in [5.74, 6) is 1.20. The Morgan fingerprint density at radius 2 is 1.95 bits per heavy atom. The van der Waals surface area contributed by atoms with Gasteiger partial charge in [-0.2, -0.15) is 0 Å². The minimum Gasteiger partial charge on any atom is -0.492 e. The first-order valence-electron chi connectivity index (χ1n) is 7.11. The van der Waals surface area contributed by atoms with Crippen LogP contribution in [-0.4, -0.2) is 23.1 Å². The van der Waals surface area contributed by atoms with E-state index in [9.17, 15) is 4.79 Å². The smallest absolute Gasteiger partial charge is 0.140 e. The normalized spacial score (nSPS) is 22.4. The summed E-state index contributed by atoms with van der Waals surface area (Å²) in [7, 11) is 0. The quantitative estimate of drug-likeness (QED) is 0.746. The van der Waals surface area contributed by atoms with Crippen LogP contribution in [0.15, 0.2) is 24.3 Å². The summed E-state index contributed by atoms with van der Waals surface area (Å²) < 4.78 is 5.60. The number of halogens is 2. The Morgan fingerprint density at radius 1 is 1.25 bits per heavy atom. The van der Waals surface area contributed by atoms with Gasteiger partial charge in [-0.25, -0.2) is 0 Å². The summed E-state index contributed by atoms with van der Waals surface area (Å²) in [6.07, 6.45) is 3.84. The molecule has 3 atom stereocenters. The predicted molar refractivity (Wildman–Crippen MR) is 83.1 cm³/mol. The number of carbonyl (C=O) groups excluding carboxylic acids is 1. The molecule has 0 saturated heterocycles. The molecule has 110 valence electrons. The van der Waals surface area contributed by atoms with E-state index in [0.29, 0.717) is 18.8 Å². The maximum atomic E-state index is 11.9. The van der Waals surface area contributed by atoms with Crippen LogP contribution in [0.4, 0.5) is 0 Å². The van der Waals surface area contributed by atoms with E-state index in [-0.39, 0.29) is 16.7 Å². The molecule has 4 heteroatoms. The van der Waals surface area contributed by atoms with Gasteiger partial charge in [-0.3, -0.25) is 4.79 Å². The molecule has 3 unspecified atom stereocenters. The summed E-state index contributed by atoms with van der Waals surface area (Å²) in [4.78, 5) is 11.9. The Morgan fingerprint density at radius 3 is 2.55 bits per heavy atom. The van der Waals surface area contributed by atoms with E-state index in [4.69, 9.17) is 27.9 Å². The van der Waals surface area contributed by atoms with Gasteiger partial charge in [-0.1, -0.05) is 18.6 Å². The standard InChI is InChI=1S/C16H20Cl2O2/c1-11(17)15(18)10-20-13-8-6-12(7-9-13)14-4-2-3-5-16(14)19/h6-9,11,14-15H,2-5,10H2,1H3. The maximum Gasteiger partial charge on any atom is 0.140 e. The number of hydrogen-bond acceptors (Lipinski definition) is 2. The zero-order valence-electron chi connectivity index (χ0n) is 11.6. The molecule has 0 bridgehead atoms. The average molecular weight is 315 g/mol. The number of ether oxygens (including phenoxy) is 1. The van der Waals surface area contributed by atoms with E-state index >= 15 is 0 Å². The fourth-order valence-corrected chi connectivity index (χ4v) is 2.58. The first-order chi connectivity index (χ1) is 9.58. The lowest BCUT2D eigenvalue weighted by Crippen LogP contribution is -2.20. The van der Waals surface area contributed by atoms with E-state index in [1.807, 2.05) is 31.2 Å². The molecular formula is C16H20Cl2O2. The van der Waals surface area contributed by atoms with Crippen molar-refractivity contribution in [3.63, 3.8) is 0 Å². The minimum absolute atomic E-state index is 0.0708. The van der Waals surface area contributed by atoms with Crippen LogP contribution in [0.1, 0.15) is 44.1 Å². The van der Waals surface area contributed by atoms with E-state index in [1.165, 1.54) is 0 Å². The third-order valence-electron chi connectivity index (χ3n) is 3.74. The van der Waals surface area contributed by atoms with Crippen LogP contribution < -0.4 is 4.74 Å². The molecule has 0 aromatic heterocycles. The number of Topliss-reactive ketones (excluding diaryl/α,β-unsaturated/α-hetero) is 1. The van der Waals surface area contributed by atoms with Crippen molar-refractivity contribution in [2.45, 2.75) is 49.3 Å². The van der Waals surface area contributed by atoms with Crippen LogP contribution >= 0.6 is 23.2 Å². The van der Waals surface area contributed by atoms with E-state index < -0.39 is 0 Å². The minimum atomic E-state index is -0.212. The van der Waals surface area contributed by atoms with Gasteiger partial charge < -0.3 is 4.74 Å². The molecular weight excluding hydrogens is 295 g/mol. The highest BCUT2D eigenvalue weighted by molar-refractivity contribution is 6.29. The monoisotopic (exact) mass is 314 g/mol. The zero-order valence-corrected chi connectivity index (χ0v) is 13.2. The first-order valence-corrected chi connectivity index (χ1v) is 7.99. The SMILES string of the molecule is CC(Cl)C(Cl)COc1ccc(C2CCCCC2=O)cc1. The number of ketones is 1. The number of hydrogen-bond donors (Lipinski definition) is 0. The van der Waals surface area contributed by atoms with Crippen LogP contribution in [-0.2, 0) is 4.79 Å². The van der Waals surface area contributed by atoms with Gasteiger partial charge >= 0.3 is 0 Å². The number of alkyl halides is 2. The Kier molecular flexibility index (Phi) is 5.74. The molecule has 1 saturated carbocycles. The van der Waals surface area contributed by atoms with Gasteiger partial charge in [-0.05, 0) is 37.5 Å². The number of benzene rings is 1. The van der Waals surface area contributed by atoms with Gasteiger partial charge in [0.05, 0.1) is 10.8 Å². The molecule has 0 heterocycles. The fraction of sp³-hybridized carbons (Fsp3) is 0.562. The van der Waals surface area contributed by atoms with Crippen molar-refractivity contribution in [3.8, 4) is 5.75 Å². The Hall–Kier alpha value is -0.730. The second kappa shape index (κ2) is 7.33. The Balaban J connectivity index is 1.94. The molecule has 2 rings (SSSR count). The van der Waals surface area contributed by atoms with Crippen LogP contribution in [0.5, 0.6) is 5.75 Å². The highest BCUT2D eigenvalue weighted by Gasteiger charge is 2.23. The van der Waals surface area contributed by atoms with Crippen molar-refractivity contribution in [2.24, 2.45) is 0 Å². The van der Waals surface area contributed by atoms with Crippen molar-refractivity contribution < 1.29 is 9.53 Å². The lowest BCUT2D eigenvalue weighted by Gasteiger charge is -2.21. The lowest BCUT2D eigenvalue weighted by atomic mass is 9.83. The third-order valence-corrected chi connectivity index (χ3v) is 4.68. The average Bonchev–Trinajstić information content (AvgIpc) is 2.46.